The molecule has 0 spiro atoms. The van der Waals surface area contributed by atoms with Gasteiger partial charge in [0.05, 0.1) is 0 Å². The molecule has 1 N–H and O–H groups in total. The van der Waals surface area contributed by atoms with Gasteiger partial charge in [-0.05, 0) is 35.2 Å². The van der Waals surface area contributed by atoms with Crippen LogP contribution in [0.4, 0.5) is 8.78 Å². The topological polar surface area (TPSA) is 46.5 Å². The van der Waals surface area contributed by atoms with Gasteiger partial charge in [0.15, 0.2) is 11.6 Å². The lowest BCUT2D eigenvalue weighted by atomic mass is 10.2. The average molecular weight is 296 g/mol. The molecule has 1 aromatic heterocycles. The van der Waals surface area contributed by atoms with Crippen LogP contribution in [0.15, 0.2) is 35.7 Å². The van der Waals surface area contributed by atoms with Gasteiger partial charge in [0.2, 0.25) is 0 Å². The normalized spacial score (nSPS) is 10.9. The first-order chi connectivity index (χ1) is 9.56. The molecule has 3 nitrogen and oxygen atoms in total. The van der Waals surface area contributed by atoms with Crippen molar-refractivity contribution in [3.63, 3.8) is 0 Å². The summed E-state index contributed by atoms with van der Waals surface area (Å²) in [6.07, 6.45) is 2.49. The van der Waals surface area contributed by atoms with Crippen molar-refractivity contribution in [2.45, 2.75) is 6.61 Å². The van der Waals surface area contributed by atoms with Crippen molar-refractivity contribution in [2.24, 2.45) is 0 Å². The first-order valence-corrected chi connectivity index (χ1v) is 6.49. The Balaban J connectivity index is 2.05. The van der Waals surface area contributed by atoms with Gasteiger partial charge in [-0.3, -0.25) is 0 Å². The van der Waals surface area contributed by atoms with Crippen LogP contribution in [-0.2, 0) is 11.4 Å². The number of carbonyl (C=O) groups is 1. The SMILES string of the molecule is O=C(O)C=Cc1ccsc1COc1ccc(F)c(F)c1. The number of ether oxygens (including phenoxy) is 1. The lowest BCUT2D eigenvalue weighted by Crippen LogP contribution is -1.96. The number of rotatable bonds is 5. The Bertz CT molecular complexity index is 650. The number of hydrogen-bond donors (Lipinski definition) is 1. The Morgan fingerprint density at radius 2 is 2.10 bits per heavy atom. The molecule has 20 heavy (non-hydrogen) atoms. The number of carboxylic acid groups (broad SMARTS) is 1. The lowest BCUT2D eigenvalue weighted by molar-refractivity contribution is -0.131. The summed E-state index contributed by atoms with van der Waals surface area (Å²) < 4.78 is 31.1. The second-order valence-electron chi connectivity index (χ2n) is 3.84. The standard InChI is InChI=1S/C14H10F2O3S/c15-11-3-2-10(7-12(11)16)19-8-13-9(5-6-20-13)1-4-14(17)18/h1-7H,8H2,(H,17,18). The lowest BCUT2D eigenvalue weighted by Gasteiger charge is -2.06. The second kappa shape index (κ2) is 6.29. The Hall–Kier alpha value is -2.21. The Kier molecular flexibility index (Phi) is 4.47. The molecule has 0 atom stereocenters. The van der Waals surface area contributed by atoms with E-state index in [-0.39, 0.29) is 12.4 Å². The van der Waals surface area contributed by atoms with Crippen LogP contribution in [0.1, 0.15) is 10.4 Å². The molecule has 0 bridgehead atoms. The molecular weight excluding hydrogens is 286 g/mol. The van der Waals surface area contributed by atoms with E-state index in [9.17, 15) is 13.6 Å². The van der Waals surface area contributed by atoms with Crippen LogP contribution in [0.5, 0.6) is 5.75 Å². The zero-order valence-electron chi connectivity index (χ0n) is 10.2. The minimum Gasteiger partial charge on any atom is -0.488 e. The molecule has 0 radical (unpaired) electrons. The van der Waals surface area contributed by atoms with Crippen LogP contribution in [0.25, 0.3) is 6.08 Å². The molecule has 0 saturated carbocycles. The van der Waals surface area contributed by atoms with Gasteiger partial charge in [-0.25, -0.2) is 13.6 Å². The van der Waals surface area contributed by atoms with Crippen LogP contribution < -0.4 is 4.74 Å². The molecule has 1 aromatic carbocycles. The molecule has 0 aliphatic heterocycles. The number of benzene rings is 1. The summed E-state index contributed by atoms with van der Waals surface area (Å²) in [6, 6.07) is 5.05. The van der Waals surface area contributed by atoms with E-state index in [1.807, 2.05) is 0 Å². The zero-order chi connectivity index (χ0) is 14.5. The van der Waals surface area contributed by atoms with Gasteiger partial charge in [-0.1, -0.05) is 0 Å². The summed E-state index contributed by atoms with van der Waals surface area (Å²) in [5.41, 5.74) is 0.722. The van der Waals surface area contributed by atoms with E-state index in [0.29, 0.717) is 0 Å². The van der Waals surface area contributed by atoms with Crippen molar-refractivity contribution in [1.29, 1.82) is 0 Å². The van der Waals surface area contributed by atoms with Gasteiger partial charge >= 0.3 is 5.97 Å². The molecule has 6 heteroatoms. The minimum absolute atomic E-state index is 0.155. The van der Waals surface area contributed by atoms with Crippen molar-refractivity contribution >= 4 is 23.4 Å². The first kappa shape index (κ1) is 14.2. The highest BCUT2D eigenvalue weighted by Crippen LogP contribution is 2.22. The van der Waals surface area contributed by atoms with Crippen LogP contribution in [0.3, 0.4) is 0 Å². The highest BCUT2D eigenvalue weighted by atomic mass is 32.1. The smallest absolute Gasteiger partial charge is 0.328 e. The van der Waals surface area contributed by atoms with E-state index in [1.165, 1.54) is 23.5 Å². The number of carboxylic acids is 1. The molecule has 0 fully saturated rings. The largest absolute Gasteiger partial charge is 0.488 e. The maximum Gasteiger partial charge on any atom is 0.328 e. The van der Waals surface area contributed by atoms with E-state index in [1.54, 1.807) is 11.4 Å². The summed E-state index contributed by atoms with van der Waals surface area (Å²) in [7, 11) is 0. The predicted molar refractivity (Wildman–Crippen MR) is 71.7 cm³/mol. The van der Waals surface area contributed by atoms with Gasteiger partial charge in [-0.15, -0.1) is 11.3 Å². The molecule has 0 amide bonds. The van der Waals surface area contributed by atoms with E-state index >= 15 is 0 Å². The van der Waals surface area contributed by atoms with Crippen molar-refractivity contribution in [3.8, 4) is 5.75 Å². The Morgan fingerprint density at radius 3 is 2.80 bits per heavy atom. The first-order valence-electron chi connectivity index (χ1n) is 5.61. The van der Waals surface area contributed by atoms with Gasteiger partial charge < -0.3 is 9.84 Å². The van der Waals surface area contributed by atoms with E-state index in [0.717, 1.165) is 28.6 Å². The maximum absolute atomic E-state index is 13.0. The Morgan fingerprint density at radius 1 is 1.30 bits per heavy atom. The molecule has 0 aliphatic carbocycles. The summed E-state index contributed by atoms with van der Waals surface area (Å²) in [6.45, 7) is 0.155. The summed E-state index contributed by atoms with van der Waals surface area (Å²) in [5, 5.41) is 10.4. The van der Waals surface area contributed by atoms with Crippen molar-refractivity contribution < 1.29 is 23.4 Å². The van der Waals surface area contributed by atoms with E-state index < -0.39 is 17.6 Å². The number of thiophene rings is 1. The third-order valence-electron chi connectivity index (χ3n) is 2.45. The molecule has 2 rings (SSSR count). The minimum atomic E-state index is -1.04. The molecule has 1 heterocycles. The highest BCUT2D eigenvalue weighted by molar-refractivity contribution is 7.10. The molecule has 0 unspecified atom stereocenters. The van der Waals surface area contributed by atoms with Crippen LogP contribution >= 0.6 is 11.3 Å². The van der Waals surface area contributed by atoms with E-state index in [4.69, 9.17) is 9.84 Å². The number of hydrogen-bond acceptors (Lipinski definition) is 3. The maximum atomic E-state index is 13.0. The average Bonchev–Trinajstić information content (AvgIpc) is 2.85. The van der Waals surface area contributed by atoms with Crippen molar-refractivity contribution in [2.75, 3.05) is 0 Å². The van der Waals surface area contributed by atoms with Gasteiger partial charge in [-0.2, -0.15) is 0 Å². The number of aliphatic carboxylic acids is 1. The third-order valence-corrected chi connectivity index (χ3v) is 3.36. The van der Waals surface area contributed by atoms with Crippen molar-refractivity contribution in [3.05, 3.63) is 57.8 Å². The molecule has 0 aliphatic rings. The summed E-state index contributed by atoms with van der Waals surface area (Å²) in [4.78, 5) is 11.3. The number of halogens is 2. The fourth-order valence-electron chi connectivity index (χ4n) is 1.49. The van der Waals surface area contributed by atoms with Crippen molar-refractivity contribution in [1.82, 2.24) is 0 Å². The fourth-order valence-corrected chi connectivity index (χ4v) is 2.27. The summed E-state index contributed by atoms with van der Waals surface area (Å²) in [5.74, 6) is -2.73. The fraction of sp³-hybridized carbons (Fsp3) is 0.0714. The highest BCUT2D eigenvalue weighted by Gasteiger charge is 2.06. The van der Waals surface area contributed by atoms with Gasteiger partial charge in [0, 0.05) is 17.0 Å². The zero-order valence-corrected chi connectivity index (χ0v) is 11.0. The quantitative estimate of drug-likeness (QED) is 0.856. The van der Waals surface area contributed by atoms with Crippen LogP contribution in [0, 0.1) is 11.6 Å². The molecule has 104 valence electrons. The molecule has 0 saturated heterocycles. The Labute approximate surface area is 117 Å². The summed E-state index contributed by atoms with van der Waals surface area (Å²) >= 11 is 1.39. The monoisotopic (exact) mass is 296 g/mol. The van der Waals surface area contributed by atoms with E-state index in [2.05, 4.69) is 0 Å². The van der Waals surface area contributed by atoms with Gasteiger partial charge in [0.25, 0.3) is 0 Å². The van der Waals surface area contributed by atoms with Crippen LogP contribution in [0.2, 0.25) is 0 Å². The van der Waals surface area contributed by atoms with Gasteiger partial charge in [0.1, 0.15) is 12.4 Å². The third kappa shape index (κ3) is 3.64. The second-order valence-corrected chi connectivity index (χ2v) is 4.84. The predicted octanol–water partition coefficient (Wildman–Crippen LogP) is 3.70. The molecular formula is C14H10F2O3S. The van der Waals surface area contributed by atoms with Crippen LogP contribution in [-0.4, -0.2) is 11.1 Å². The molecule has 2 aromatic rings.